The molecule has 0 aliphatic heterocycles. The second-order valence-electron chi connectivity index (χ2n) is 3.36. The van der Waals surface area contributed by atoms with Gasteiger partial charge in [0.2, 0.25) is 5.91 Å². The van der Waals surface area contributed by atoms with Crippen LogP contribution in [0.3, 0.4) is 0 Å². The first kappa shape index (κ1) is 11.4. The first-order valence-corrected chi connectivity index (χ1v) is 4.82. The summed E-state index contributed by atoms with van der Waals surface area (Å²) in [6.07, 6.45) is 2.01. The quantitative estimate of drug-likeness (QED) is 0.545. The average molecular weight is 202 g/mol. The Morgan fingerprint density at radius 3 is 2.57 bits per heavy atom. The minimum atomic E-state index is -0.361. The molecule has 2 N–H and O–H groups in total. The van der Waals surface area contributed by atoms with Crippen LogP contribution in [-0.2, 0) is 14.3 Å². The molecular formula is C9H18N2O3. The van der Waals surface area contributed by atoms with Gasteiger partial charge in [0, 0.05) is 20.3 Å². The van der Waals surface area contributed by atoms with Gasteiger partial charge in [-0.25, -0.2) is 0 Å². The monoisotopic (exact) mass is 202 g/mol. The largest absolute Gasteiger partial charge is 0.354 e. The van der Waals surface area contributed by atoms with Gasteiger partial charge in [0.1, 0.15) is 0 Å². The lowest BCUT2D eigenvalue weighted by Gasteiger charge is -2.14. The zero-order valence-electron chi connectivity index (χ0n) is 8.71. The number of ether oxygens (including phenoxy) is 2. The van der Waals surface area contributed by atoms with Gasteiger partial charge in [-0.1, -0.05) is 0 Å². The normalized spacial score (nSPS) is 15.9. The lowest BCUT2D eigenvalue weighted by atomic mass is 10.5. The fourth-order valence-corrected chi connectivity index (χ4v) is 1.05. The highest BCUT2D eigenvalue weighted by molar-refractivity contribution is 5.78. The summed E-state index contributed by atoms with van der Waals surface area (Å²) in [5, 5.41) is 5.84. The van der Waals surface area contributed by atoms with E-state index in [1.54, 1.807) is 14.2 Å². The van der Waals surface area contributed by atoms with E-state index in [2.05, 4.69) is 10.6 Å². The van der Waals surface area contributed by atoms with Crippen LogP contribution in [0.5, 0.6) is 0 Å². The van der Waals surface area contributed by atoms with E-state index < -0.39 is 0 Å². The smallest absolute Gasteiger partial charge is 0.234 e. The van der Waals surface area contributed by atoms with Crippen LogP contribution >= 0.6 is 0 Å². The van der Waals surface area contributed by atoms with Gasteiger partial charge in [-0.3, -0.25) is 4.79 Å². The fraction of sp³-hybridized carbons (Fsp3) is 0.889. The van der Waals surface area contributed by atoms with Crippen molar-refractivity contribution < 1.29 is 14.3 Å². The Morgan fingerprint density at radius 1 is 1.43 bits per heavy atom. The summed E-state index contributed by atoms with van der Waals surface area (Å²) < 4.78 is 9.86. The number of hydrogen-bond acceptors (Lipinski definition) is 4. The molecule has 5 nitrogen and oxygen atoms in total. The van der Waals surface area contributed by atoms with E-state index in [1.165, 1.54) is 12.8 Å². The maximum Gasteiger partial charge on any atom is 0.234 e. The SMILES string of the molecule is COC(CNC(=O)CNC1CC1)OC. The van der Waals surface area contributed by atoms with Crippen LogP contribution in [0, 0.1) is 0 Å². The molecule has 0 saturated heterocycles. The molecule has 1 aliphatic rings. The van der Waals surface area contributed by atoms with Crippen LogP contribution in [0.4, 0.5) is 0 Å². The van der Waals surface area contributed by atoms with Gasteiger partial charge >= 0.3 is 0 Å². The lowest BCUT2D eigenvalue weighted by Crippen LogP contribution is -2.39. The molecule has 14 heavy (non-hydrogen) atoms. The van der Waals surface area contributed by atoms with E-state index in [0.29, 0.717) is 19.1 Å². The van der Waals surface area contributed by atoms with Crippen LogP contribution in [0.25, 0.3) is 0 Å². The molecule has 5 heteroatoms. The molecule has 0 aromatic heterocycles. The summed E-state index contributed by atoms with van der Waals surface area (Å²) >= 11 is 0. The molecule has 0 spiro atoms. The van der Waals surface area contributed by atoms with E-state index in [0.717, 1.165) is 0 Å². The van der Waals surface area contributed by atoms with E-state index >= 15 is 0 Å². The molecule has 0 bridgehead atoms. The van der Waals surface area contributed by atoms with E-state index in [1.807, 2.05) is 0 Å². The van der Waals surface area contributed by atoms with Crippen LogP contribution in [-0.4, -0.2) is 45.5 Å². The molecule has 0 unspecified atom stereocenters. The highest BCUT2D eigenvalue weighted by Gasteiger charge is 2.21. The zero-order chi connectivity index (χ0) is 10.4. The second kappa shape index (κ2) is 5.95. The van der Waals surface area contributed by atoms with Crippen LogP contribution in [0.2, 0.25) is 0 Å². The number of amides is 1. The number of carbonyl (C=O) groups excluding carboxylic acids is 1. The van der Waals surface area contributed by atoms with Crippen molar-refractivity contribution in [2.45, 2.75) is 25.2 Å². The van der Waals surface area contributed by atoms with E-state index in [-0.39, 0.29) is 12.2 Å². The van der Waals surface area contributed by atoms with Gasteiger partial charge in [-0.2, -0.15) is 0 Å². The lowest BCUT2D eigenvalue weighted by molar-refractivity contribution is -0.126. The Morgan fingerprint density at radius 2 is 2.07 bits per heavy atom. The average Bonchev–Trinajstić information content (AvgIpc) is 3.00. The van der Waals surface area contributed by atoms with Gasteiger partial charge in [0.15, 0.2) is 6.29 Å². The molecule has 0 aromatic rings. The molecular weight excluding hydrogens is 184 g/mol. The minimum absolute atomic E-state index is 0.0176. The van der Waals surface area contributed by atoms with Gasteiger partial charge in [0.25, 0.3) is 0 Å². The van der Waals surface area contributed by atoms with Crippen LogP contribution < -0.4 is 10.6 Å². The van der Waals surface area contributed by atoms with Crippen LogP contribution in [0.1, 0.15) is 12.8 Å². The molecule has 1 aliphatic carbocycles. The van der Waals surface area contributed by atoms with Crippen molar-refractivity contribution in [2.24, 2.45) is 0 Å². The summed E-state index contributed by atoms with van der Waals surface area (Å²) in [6.45, 7) is 0.767. The molecule has 0 radical (unpaired) electrons. The second-order valence-corrected chi connectivity index (χ2v) is 3.36. The maximum atomic E-state index is 11.2. The maximum absolute atomic E-state index is 11.2. The van der Waals surface area contributed by atoms with Crippen molar-refractivity contribution in [1.29, 1.82) is 0 Å². The molecule has 0 atom stereocenters. The van der Waals surface area contributed by atoms with Crippen molar-refractivity contribution in [1.82, 2.24) is 10.6 Å². The molecule has 1 amide bonds. The third-order valence-electron chi connectivity index (χ3n) is 2.12. The fourth-order valence-electron chi connectivity index (χ4n) is 1.05. The molecule has 0 aromatic carbocycles. The highest BCUT2D eigenvalue weighted by Crippen LogP contribution is 2.17. The van der Waals surface area contributed by atoms with Crippen LogP contribution in [0.15, 0.2) is 0 Å². The first-order chi connectivity index (χ1) is 6.76. The molecule has 1 rings (SSSR count). The first-order valence-electron chi connectivity index (χ1n) is 4.82. The summed E-state index contributed by atoms with van der Waals surface area (Å²) in [5.74, 6) is -0.0176. The Bertz CT molecular complexity index is 179. The van der Waals surface area contributed by atoms with E-state index in [4.69, 9.17) is 9.47 Å². The molecule has 1 saturated carbocycles. The number of methoxy groups -OCH3 is 2. The summed E-state index contributed by atoms with van der Waals surface area (Å²) in [4.78, 5) is 11.2. The standard InChI is InChI=1S/C9H18N2O3/c1-13-9(14-2)6-11-8(12)5-10-7-3-4-7/h7,9-10H,3-6H2,1-2H3,(H,11,12). The van der Waals surface area contributed by atoms with Crippen molar-refractivity contribution >= 4 is 5.91 Å². The summed E-state index contributed by atoms with van der Waals surface area (Å²) in [6, 6.07) is 0.557. The Labute approximate surface area is 84.1 Å². The number of rotatable bonds is 7. The van der Waals surface area contributed by atoms with Gasteiger partial charge in [-0.15, -0.1) is 0 Å². The number of nitrogens with one attached hydrogen (secondary N) is 2. The van der Waals surface area contributed by atoms with Gasteiger partial charge in [-0.05, 0) is 12.8 Å². The minimum Gasteiger partial charge on any atom is -0.354 e. The molecule has 82 valence electrons. The zero-order valence-corrected chi connectivity index (χ0v) is 8.71. The van der Waals surface area contributed by atoms with Crippen molar-refractivity contribution in [3.8, 4) is 0 Å². The number of hydrogen-bond donors (Lipinski definition) is 2. The van der Waals surface area contributed by atoms with E-state index in [9.17, 15) is 4.79 Å². The third kappa shape index (κ3) is 4.55. The third-order valence-corrected chi connectivity index (χ3v) is 2.12. The van der Waals surface area contributed by atoms with Crippen molar-refractivity contribution in [3.05, 3.63) is 0 Å². The Kier molecular flexibility index (Phi) is 4.86. The topological polar surface area (TPSA) is 59.6 Å². The van der Waals surface area contributed by atoms with Gasteiger partial charge in [0.05, 0.1) is 13.1 Å². The molecule has 1 fully saturated rings. The summed E-state index contributed by atoms with van der Waals surface area (Å²) in [7, 11) is 3.09. The predicted molar refractivity (Wildman–Crippen MR) is 51.8 cm³/mol. The number of carbonyl (C=O) groups is 1. The molecule has 0 heterocycles. The Hall–Kier alpha value is -0.650. The highest BCUT2D eigenvalue weighted by atomic mass is 16.7. The van der Waals surface area contributed by atoms with Crippen molar-refractivity contribution in [2.75, 3.05) is 27.3 Å². The summed E-state index contributed by atoms with van der Waals surface area (Å²) in [5.41, 5.74) is 0. The van der Waals surface area contributed by atoms with Gasteiger partial charge < -0.3 is 20.1 Å². The Balaban J connectivity index is 2.00. The van der Waals surface area contributed by atoms with Crippen molar-refractivity contribution in [3.63, 3.8) is 0 Å². The predicted octanol–water partition coefficient (Wildman–Crippen LogP) is -0.526.